The summed E-state index contributed by atoms with van der Waals surface area (Å²) in [5.74, 6) is -15.2. The van der Waals surface area contributed by atoms with Crippen LogP contribution >= 0.6 is 0 Å². The van der Waals surface area contributed by atoms with Crippen molar-refractivity contribution >= 4 is 11.4 Å². The minimum Gasteiger partial charge on any atom is -0.368 e. The summed E-state index contributed by atoms with van der Waals surface area (Å²) in [6.07, 6.45) is 0. The van der Waals surface area contributed by atoms with Crippen molar-refractivity contribution in [2.24, 2.45) is 0 Å². The Balaban J connectivity index is 2.36. The second kappa shape index (κ2) is 8.45. The number of hydrogen-bond donors (Lipinski definition) is 0. The molecule has 0 atom stereocenters. The summed E-state index contributed by atoms with van der Waals surface area (Å²) in [4.78, 5) is 1.28. The topological polar surface area (TPSA) is 54.1 Å². The smallest absolute Gasteiger partial charge is 0.186 e. The number of hydrogen-bond acceptors (Lipinski definition) is 4. The van der Waals surface area contributed by atoms with E-state index in [-0.39, 0.29) is 0 Å². The van der Waals surface area contributed by atoms with E-state index in [4.69, 9.17) is 10.5 Å². The summed E-state index contributed by atoms with van der Waals surface area (Å²) in [5, 5.41) is 17.2. The van der Waals surface area contributed by atoms with Crippen LogP contribution in [0.1, 0.15) is 11.1 Å². The molecule has 0 bridgehead atoms. The lowest BCUT2D eigenvalue weighted by molar-refractivity contribution is 0.447. The van der Waals surface area contributed by atoms with Gasteiger partial charge in [0.1, 0.15) is 34.6 Å². The van der Waals surface area contributed by atoms with E-state index < -0.39 is 82.1 Å². The number of nitrogens with zero attached hydrogens (tertiary/aromatic N) is 4. The zero-order chi connectivity index (χ0) is 22.9. The molecule has 0 aromatic heterocycles. The van der Waals surface area contributed by atoms with E-state index in [0.717, 1.165) is 26.2 Å². The molecular formula is C18H10F8N4. The van der Waals surface area contributed by atoms with Gasteiger partial charge in [0.05, 0.1) is 0 Å². The molecule has 0 amide bonds. The minimum atomic E-state index is -1.93. The Labute approximate surface area is 164 Å². The van der Waals surface area contributed by atoms with Gasteiger partial charge >= 0.3 is 0 Å². The summed E-state index contributed by atoms with van der Waals surface area (Å²) < 4.78 is 111. The molecule has 0 fully saturated rings. The maximum atomic E-state index is 14.1. The molecule has 0 aliphatic rings. The second-order valence-corrected chi connectivity index (χ2v) is 6.03. The molecule has 2 rings (SSSR count). The van der Waals surface area contributed by atoms with Gasteiger partial charge in [-0.2, -0.15) is 10.5 Å². The molecule has 0 heterocycles. The lowest BCUT2D eigenvalue weighted by atomic mass is 10.1. The lowest BCUT2D eigenvalue weighted by Crippen LogP contribution is -2.33. The van der Waals surface area contributed by atoms with E-state index in [1.807, 2.05) is 0 Å². The first-order chi connectivity index (χ1) is 14.0. The van der Waals surface area contributed by atoms with Crippen molar-refractivity contribution < 1.29 is 35.1 Å². The molecule has 2 aromatic rings. The summed E-state index contributed by atoms with van der Waals surface area (Å²) in [6, 6.07) is 1.96. The number of likely N-dealkylation sites (N-methyl/N-ethyl adjacent to an activating group) is 2. The fraction of sp³-hybridized carbons (Fsp3) is 0.222. The molecule has 0 aliphatic heterocycles. The number of rotatable bonds is 5. The van der Waals surface area contributed by atoms with Crippen LogP contribution < -0.4 is 9.80 Å². The normalized spacial score (nSPS) is 10.5. The predicted octanol–water partition coefficient (Wildman–Crippen LogP) is 4.12. The molecule has 30 heavy (non-hydrogen) atoms. The largest absolute Gasteiger partial charge is 0.368 e. The standard InChI is InChI=1S/C18H10F8N4/c1-29(17-13(23)9(19)7(5-27)10(20)14(17)24)3-4-30(2)18-15(25)11(21)8(6-28)12(22)16(18)26/h3-4H2,1-2H3. The number of nitriles is 2. The quantitative estimate of drug-likeness (QED) is 0.525. The van der Waals surface area contributed by atoms with E-state index >= 15 is 0 Å². The van der Waals surface area contributed by atoms with E-state index in [2.05, 4.69) is 0 Å². The maximum Gasteiger partial charge on any atom is 0.186 e. The average Bonchev–Trinajstić information content (AvgIpc) is 2.70. The average molecular weight is 434 g/mol. The number of anilines is 2. The van der Waals surface area contributed by atoms with Gasteiger partial charge in [-0.1, -0.05) is 0 Å². The van der Waals surface area contributed by atoms with Crippen molar-refractivity contribution in [3.05, 3.63) is 57.7 Å². The highest BCUT2D eigenvalue weighted by Crippen LogP contribution is 2.32. The lowest BCUT2D eigenvalue weighted by Gasteiger charge is -2.26. The Morgan fingerprint density at radius 3 is 0.967 bits per heavy atom. The molecule has 4 nitrogen and oxygen atoms in total. The molecule has 158 valence electrons. The second-order valence-electron chi connectivity index (χ2n) is 6.03. The van der Waals surface area contributed by atoms with Crippen molar-refractivity contribution in [1.82, 2.24) is 0 Å². The first kappa shape index (κ1) is 22.7. The zero-order valence-electron chi connectivity index (χ0n) is 15.2. The molecule has 0 unspecified atom stereocenters. The monoisotopic (exact) mass is 434 g/mol. The van der Waals surface area contributed by atoms with Gasteiger partial charge in [-0.05, 0) is 0 Å². The van der Waals surface area contributed by atoms with Crippen molar-refractivity contribution in [3.63, 3.8) is 0 Å². The van der Waals surface area contributed by atoms with E-state index in [9.17, 15) is 35.1 Å². The fourth-order valence-electron chi connectivity index (χ4n) is 2.63. The van der Waals surface area contributed by atoms with Gasteiger partial charge in [0.25, 0.3) is 0 Å². The van der Waals surface area contributed by atoms with Gasteiger partial charge in [0, 0.05) is 27.2 Å². The van der Waals surface area contributed by atoms with Crippen molar-refractivity contribution in [2.75, 3.05) is 37.0 Å². The summed E-state index contributed by atoms with van der Waals surface area (Å²) >= 11 is 0. The predicted molar refractivity (Wildman–Crippen MR) is 88.5 cm³/mol. The third-order valence-electron chi connectivity index (χ3n) is 4.24. The molecule has 12 heteroatoms. The van der Waals surface area contributed by atoms with Crippen molar-refractivity contribution in [3.8, 4) is 12.1 Å². The summed E-state index contributed by atoms with van der Waals surface area (Å²) in [7, 11) is 1.96. The van der Waals surface area contributed by atoms with Gasteiger partial charge in [-0.3, -0.25) is 0 Å². The van der Waals surface area contributed by atoms with Crippen LogP contribution in [0.4, 0.5) is 46.5 Å². The van der Waals surface area contributed by atoms with E-state index in [1.54, 1.807) is 0 Å². The van der Waals surface area contributed by atoms with Crippen LogP contribution in [0.3, 0.4) is 0 Å². The molecule has 0 radical (unpaired) electrons. The highest BCUT2D eigenvalue weighted by atomic mass is 19.2. The van der Waals surface area contributed by atoms with Crippen LogP contribution in [0.5, 0.6) is 0 Å². The van der Waals surface area contributed by atoms with Crippen molar-refractivity contribution in [2.45, 2.75) is 0 Å². The number of benzene rings is 2. The highest BCUT2D eigenvalue weighted by molar-refractivity contribution is 5.56. The maximum absolute atomic E-state index is 14.1. The minimum absolute atomic E-state index is 0.531. The zero-order valence-corrected chi connectivity index (χ0v) is 15.2. The molecular weight excluding hydrogens is 424 g/mol. The Hall–Kier alpha value is -3.54. The van der Waals surface area contributed by atoms with Crippen LogP contribution in [0.15, 0.2) is 0 Å². The molecule has 0 spiro atoms. The molecule has 0 aliphatic carbocycles. The van der Waals surface area contributed by atoms with Crippen LogP contribution in [0, 0.1) is 69.2 Å². The van der Waals surface area contributed by atoms with Gasteiger partial charge in [0.15, 0.2) is 46.5 Å². The van der Waals surface area contributed by atoms with Crippen LogP contribution in [0.2, 0.25) is 0 Å². The van der Waals surface area contributed by atoms with Gasteiger partial charge < -0.3 is 9.80 Å². The SMILES string of the molecule is CN(CCN(C)c1c(F)c(F)c(C#N)c(F)c1F)c1c(F)c(F)c(C#N)c(F)c1F. The van der Waals surface area contributed by atoms with Crippen molar-refractivity contribution in [1.29, 1.82) is 10.5 Å². The third kappa shape index (κ3) is 3.56. The van der Waals surface area contributed by atoms with Gasteiger partial charge in [0.2, 0.25) is 0 Å². The van der Waals surface area contributed by atoms with Crippen LogP contribution in [-0.2, 0) is 0 Å². The van der Waals surface area contributed by atoms with E-state index in [0.29, 0.717) is 9.80 Å². The van der Waals surface area contributed by atoms with Gasteiger partial charge in [-0.15, -0.1) is 0 Å². The molecule has 0 N–H and O–H groups in total. The molecule has 0 saturated carbocycles. The first-order valence-electron chi connectivity index (χ1n) is 7.93. The van der Waals surface area contributed by atoms with Gasteiger partial charge in [-0.25, -0.2) is 35.1 Å². The Morgan fingerprint density at radius 1 is 0.533 bits per heavy atom. The van der Waals surface area contributed by atoms with Crippen LogP contribution in [-0.4, -0.2) is 27.2 Å². The van der Waals surface area contributed by atoms with Crippen LogP contribution in [0.25, 0.3) is 0 Å². The summed E-state index contributed by atoms with van der Waals surface area (Å²) in [5.41, 5.74) is -5.33. The first-order valence-corrected chi connectivity index (χ1v) is 7.93. The molecule has 2 aromatic carbocycles. The highest BCUT2D eigenvalue weighted by Gasteiger charge is 2.29. The fourth-order valence-corrected chi connectivity index (χ4v) is 2.63. The Morgan fingerprint density at radius 2 is 0.767 bits per heavy atom. The molecule has 0 saturated heterocycles. The Kier molecular flexibility index (Phi) is 6.41. The summed E-state index contributed by atoms with van der Waals surface area (Å²) in [6.45, 7) is -1.06. The van der Waals surface area contributed by atoms with E-state index in [1.165, 1.54) is 0 Å². The Bertz CT molecular complexity index is 958. The third-order valence-corrected chi connectivity index (χ3v) is 4.24. The number of halogens is 8.